The van der Waals surface area contributed by atoms with Gasteiger partial charge in [0, 0.05) is 0 Å². The average Bonchev–Trinajstić information content (AvgIpc) is 2.61. The Labute approximate surface area is 96.8 Å². The molecular weight excluding hydrogens is 336 g/mol. The molecule has 0 unspecified atom stereocenters. The Morgan fingerprint density at radius 2 is 2.06 bits per heavy atom. The molecule has 16 heavy (non-hydrogen) atoms. The predicted molar refractivity (Wildman–Crippen MR) is 58.6 cm³/mol. The third kappa shape index (κ3) is 1.98. The minimum atomic E-state index is -4.63. The fraction of sp³-hybridized carbons (Fsp3) is 0.222. The molecule has 0 atom stereocenters. The van der Waals surface area contributed by atoms with Crippen LogP contribution in [0, 0.1) is 3.57 Å². The van der Waals surface area contributed by atoms with Crippen molar-refractivity contribution in [2.75, 3.05) is 0 Å². The van der Waals surface area contributed by atoms with Crippen molar-refractivity contribution in [2.45, 2.75) is 12.8 Å². The Morgan fingerprint density at radius 3 is 2.69 bits per heavy atom. The number of benzene rings is 1. The molecule has 0 amide bonds. The van der Waals surface area contributed by atoms with Crippen LogP contribution >= 0.6 is 20.2 Å². The molecule has 1 aliphatic rings. The van der Waals surface area contributed by atoms with Crippen molar-refractivity contribution in [2.24, 2.45) is 0 Å². The number of nitrogens with zero attached hydrogens (tertiary/aromatic N) is 2. The normalized spacial score (nSPS) is 16.8. The van der Waals surface area contributed by atoms with E-state index in [-0.39, 0.29) is 6.61 Å². The molecule has 0 bridgehead atoms. The Kier molecular flexibility index (Phi) is 3.00. The van der Waals surface area contributed by atoms with Crippen molar-refractivity contribution in [3.63, 3.8) is 0 Å². The van der Waals surface area contributed by atoms with E-state index in [1.807, 2.05) is 0 Å². The summed E-state index contributed by atoms with van der Waals surface area (Å²) in [7, 11) is 0. The first-order valence-electron chi connectivity index (χ1n) is 4.24. The maximum absolute atomic E-state index is 12.5. The van der Waals surface area contributed by atoms with Gasteiger partial charge in [-0.15, -0.1) is 0 Å². The summed E-state index contributed by atoms with van der Waals surface area (Å²) in [6.45, 7) is 0.163. The molecule has 3 nitrogen and oxygen atoms in total. The first kappa shape index (κ1) is 11.6. The van der Waals surface area contributed by atoms with Crippen LogP contribution in [-0.4, -0.2) is 14.7 Å². The van der Waals surface area contributed by atoms with Gasteiger partial charge in [0.15, 0.2) is 0 Å². The number of hydrogen-bond acceptors (Lipinski definition) is 1. The van der Waals surface area contributed by atoms with E-state index in [0.29, 0.717) is 3.57 Å². The maximum atomic E-state index is 12.5. The van der Waals surface area contributed by atoms with E-state index in [4.69, 9.17) is 8.60 Å². The first-order valence-corrected chi connectivity index (χ1v) is 7.28. The van der Waals surface area contributed by atoms with Gasteiger partial charge in [-0.25, -0.2) is 0 Å². The topological polar surface area (TPSA) is 45.6 Å². The van der Waals surface area contributed by atoms with Crippen LogP contribution in [0.15, 0.2) is 24.3 Å². The summed E-state index contributed by atoms with van der Waals surface area (Å²) in [6.07, 6.45) is -4.63. The summed E-state index contributed by atoms with van der Waals surface area (Å²) in [5, 5.41) is 0. The van der Waals surface area contributed by atoms with Crippen molar-refractivity contribution in [1.29, 1.82) is 0 Å². The standard InChI is InChI=1S/C9H6F3IN2O/c10-9(11,12)8(15-14)13-7-4-2-1-3-6(7)5-16-13/h1-4H,5H2. The second-order valence-corrected chi connectivity index (χ2v) is 7.21. The van der Waals surface area contributed by atoms with Crippen molar-refractivity contribution >= 4 is 24.0 Å². The van der Waals surface area contributed by atoms with Crippen LogP contribution in [0.4, 0.5) is 13.2 Å². The zero-order valence-corrected chi connectivity index (χ0v) is 9.99. The third-order valence-electron chi connectivity index (χ3n) is 1.95. The van der Waals surface area contributed by atoms with Gasteiger partial charge in [0.05, 0.1) is 0 Å². The van der Waals surface area contributed by atoms with Gasteiger partial charge in [0.25, 0.3) is 0 Å². The molecular formula is C9H6F3IN2O. The molecule has 0 saturated carbocycles. The molecule has 0 spiro atoms. The number of fused-ring (bicyclic) bond motifs is 1. The van der Waals surface area contributed by atoms with Crippen LogP contribution in [0.25, 0.3) is 5.53 Å². The van der Waals surface area contributed by atoms with Crippen LogP contribution in [0.5, 0.6) is 0 Å². The molecule has 1 aromatic rings. The SMILES string of the molecule is [N-]=[N+]=C(I1OCc2ccccc21)C(F)(F)F. The van der Waals surface area contributed by atoms with Crippen LogP contribution in [-0.2, 0) is 9.67 Å². The Hall–Kier alpha value is -0.920. The van der Waals surface area contributed by atoms with Crippen molar-refractivity contribution < 1.29 is 21.0 Å². The fourth-order valence-corrected chi connectivity index (χ4v) is 5.37. The van der Waals surface area contributed by atoms with E-state index in [9.17, 15) is 13.2 Å². The van der Waals surface area contributed by atoms with Gasteiger partial charge in [-0.3, -0.25) is 0 Å². The summed E-state index contributed by atoms with van der Waals surface area (Å²) in [4.78, 5) is 2.38. The molecule has 0 N–H and O–H groups in total. The van der Waals surface area contributed by atoms with E-state index in [2.05, 4.69) is 4.79 Å². The molecule has 0 aromatic heterocycles. The van der Waals surface area contributed by atoms with Gasteiger partial charge in [-0.2, -0.15) is 0 Å². The van der Waals surface area contributed by atoms with Crippen molar-refractivity contribution in [3.8, 4) is 0 Å². The zero-order valence-electron chi connectivity index (χ0n) is 7.83. The number of rotatable bonds is 1. The minimum absolute atomic E-state index is 0.163. The number of halogens is 4. The van der Waals surface area contributed by atoms with E-state index in [1.54, 1.807) is 24.3 Å². The first-order chi connectivity index (χ1) is 7.54. The summed E-state index contributed by atoms with van der Waals surface area (Å²) in [5.74, 6) is 0. The van der Waals surface area contributed by atoms with Gasteiger partial charge in [0.2, 0.25) is 0 Å². The molecule has 1 heterocycles. The summed E-state index contributed by atoms with van der Waals surface area (Å²) < 4.78 is 42.1. The van der Waals surface area contributed by atoms with Gasteiger partial charge in [0.1, 0.15) is 0 Å². The second kappa shape index (κ2) is 4.15. The van der Waals surface area contributed by atoms with E-state index >= 15 is 0 Å². The average molecular weight is 342 g/mol. The van der Waals surface area contributed by atoms with Crippen LogP contribution in [0.2, 0.25) is 0 Å². The monoisotopic (exact) mass is 342 g/mol. The van der Waals surface area contributed by atoms with E-state index in [1.165, 1.54) is 0 Å². The summed E-state index contributed by atoms with van der Waals surface area (Å²) >= 11 is -3.04. The quantitative estimate of drug-likeness (QED) is 0.335. The van der Waals surface area contributed by atoms with Gasteiger partial charge >= 0.3 is 96.7 Å². The Morgan fingerprint density at radius 1 is 1.38 bits per heavy atom. The molecule has 0 saturated heterocycles. The Balaban J connectivity index is 2.43. The molecule has 86 valence electrons. The van der Waals surface area contributed by atoms with Gasteiger partial charge < -0.3 is 0 Å². The zero-order chi connectivity index (χ0) is 11.8. The summed E-state index contributed by atoms with van der Waals surface area (Å²) in [6, 6.07) is 6.72. The van der Waals surface area contributed by atoms with Crippen LogP contribution in [0.3, 0.4) is 0 Å². The molecule has 0 fully saturated rings. The second-order valence-electron chi connectivity index (χ2n) is 2.98. The third-order valence-corrected chi connectivity index (χ3v) is 6.74. The van der Waals surface area contributed by atoms with Crippen molar-refractivity contribution in [1.82, 2.24) is 0 Å². The molecule has 0 radical (unpaired) electrons. The molecule has 0 aliphatic carbocycles. The fourth-order valence-electron chi connectivity index (χ4n) is 1.29. The number of hydrogen-bond donors (Lipinski definition) is 0. The predicted octanol–water partition coefficient (Wildman–Crippen LogP) is 3.00. The van der Waals surface area contributed by atoms with Crippen LogP contribution < -0.4 is 0 Å². The van der Waals surface area contributed by atoms with Crippen molar-refractivity contribution in [3.05, 3.63) is 38.9 Å². The van der Waals surface area contributed by atoms with Gasteiger partial charge in [-0.1, -0.05) is 0 Å². The molecule has 1 aliphatic heterocycles. The van der Waals surface area contributed by atoms with E-state index in [0.717, 1.165) is 5.56 Å². The molecule has 1 aromatic carbocycles. The van der Waals surface area contributed by atoms with Gasteiger partial charge in [-0.05, 0) is 0 Å². The van der Waals surface area contributed by atoms with Crippen LogP contribution in [0.1, 0.15) is 5.56 Å². The molecule has 7 heteroatoms. The summed E-state index contributed by atoms with van der Waals surface area (Å²) in [5.41, 5.74) is 9.22. The van der Waals surface area contributed by atoms with E-state index < -0.39 is 30.1 Å². The number of alkyl halides is 3. The Bertz CT molecular complexity index is 468. The molecule has 2 rings (SSSR count).